The summed E-state index contributed by atoms with van der Waals surface area (Å²) in [6.45, 7) is 4.88. The molecule has 0 aromatic carbocycles. The van der Waals surface area contributed by atoms with Gasteiger partial charge in [0.05, 0.1) is 5.60 Å². The zero-order valence-electron chi connectivity index (χ0n) is 10.3. The fourth-order valence-corrected chi connectivity index (χ4v) is 1.69. The van der Waals surface area contributed by atoms with Crippen LogP contribution in [0.5, 0.6) is 0 Å². The minimum Gasteiger partial charge on any atom is -0.480 e. The monoisotopic (exact) mass is 231 g/mol. The van der Waals surface area contributed by atoms with Crippen molar-refractivity contribution in [3.8, 4) is 0 Å². The highest BCUT2D eigenvalue weighted by Gasteiger charge is 2.46. The number of carboxylic acids is 1. The number of carbonyl (C=O) groups is 2. The van der Waals surface area contributed by atoms with E-state index < -0.39 is 22.9 Å². The number of carbonyl (C=O) groups excluding carboxylic acids is 1. The zero-order valence-corrected chi connectivity index (χ0v) is 10.3. The third-order valence-corrected chi connectivity index (χ3v) is 3.20. The number of rotatable bonds is 6. The smallest absolute Gasteiger partial charge is 0.319 e. The molecule has 0 saturated heterocycles. The molecule has 5 nitrogen and oxygen atoms in total. The van der Waals surface area contributed by atoms with Gasteiger partial charge in [0.2, 0.25) is 5.91 Å². The van der Waals surface area contributed by atoms with Crippen molar-refractivity contribution >= 4 is 11.9 Å². The molecule has 0 heterocycles. The van der Waals surface area contributed by atoms with Crippen LogP contribution in [-0.2, 0) is 9.59 Å². The van der Waals surface area contributed by atoms with E-state index in [0.29, 0.717) is 12.8 Å². The van der Waals surface area contributed by atoms with Crippen molar-refractivity contribution in [1.29, 1.82) is 0 Å². The third kappa shape index (κ3) is 2.95. The average Bonchev–Trinajstić information content (AvgIpc) is 2.27. The van der Waals surface area contributed by atoms with Crippen LogP contribution in [0.3, 0.4) is 0 Å². The molecular weight excluding hydrogens is 210 g/mol. The van der Waals surface area contributed by atoms with E-state index in [2.05, 4.69) is 5.32 Å². The molecule has 0 aliphatic carbocycles. The molecule has 94 valence electrons. The summed E-state index contributed by atoms with van der Waals surface area (Å²) in [5.41, 5.74) is -2.70. The van der Waals surface area contributed by atoms with Crippen molar-refractivity contribution in [1.82, 2.24) is 5.32 Å². The number of amides is 1. The summed E-state index contributed by atoms with van der Waals surface area (Å²) in [5.74, 6) is -1.80. The number of hydrogen-bond acceptors (Lipinski definition) is 3. The van der Waals surface area contributed by atoms with Gasteiger partial charge in [-0.25, -0.2) is 0 Å². The number of aliphatic hydroxyl groups is 1. The summed E-state index contributed by atoms with van der Waals surface area (Å²) in [6.07, 6.45) is 0.759. The molecule has 0 radical (unpaired) electrons. The van der Waals surface area contributed by atoms with Crippen LogP contribution < -0.4 is 5.32 Å². The van der Waals surface area contributed by atoms with Crippen LogP contribution in [0.4, 0.5) is 0 Å². The van der Waals surface area contributed by atoms with Crippen LogP contribution >= 0.6 is 0 Å². The van der Waals surface area contributed by atoms with Gasteiger partial charge in [-0.15, -0.1) is 0 Å². The predicted molar refractivity (Wildman–Crippen MR) is 60.0 cm³/mol. The second kappa shape index (κ2) is 5.30. The minimum atomic E-state index is -1.59. The summed E-state index contributed by atoms with van der Waals surface area (Å²) in [7, 11) is 1.39. The van der Waals surface area contributed by atoms with E-state index >= 15 is 0 Å². The molecule has 0 aliphatic heterocycles. The molecule has 0 aliphatic rings. The molecule has 1 atom stereocenters. The Labute approximate surface area is 95.9 Å². The molecule has 0 aromatic heterocycles. The largest absolute Gasteiger partial charge is 0.480 e. The highest BCUT2D eigenvalue weighted by atomic mass is 16.4. The Hall–Kier alpha value is -1.10. The summed E-state index contributed by atoms with van der Waals surface area (Å²) in [4.78, 5) is 22.7. The molecular formula is C11H21NO4. The van der Waals surface area contributed by atoms with Crippen LogP contribution in [0, 0.1) is 5.41 Å². The first-order chi connectivity index (χ1) is 7.25. The van der Waals surface area contributed by atoms with Gasteiger partial charge in [0.25, 0.3) is 0 Å². The van der Waals surface area contributed by atoms with Gasteiger partial charge in [-0.1, -0.05) is 13.8 Å². The fraction of sp³-hybridized carbons (Fsp3) is 0.818. The first-order valence-electron chi connectivity index (χ1n) is 5.43. The molecule has 0 aromatic rings. The van der Waals surface area contributed by atoms with Gasteiger partial charge in [-0.3, -0.25) is 9.59 Å². The van der Waals surface area contributed by atoms with Crippen molar-refractivity contribution < 1.29 is 19.8 Å². The fourth-order valence-electron chi connectivity index (χ4n) is 1.69. The molecule has 0 bridgehead atoms. The number of hydrogen-bond donors (Lipinski definition) is 3. The molecule has 1 unspecified atom stereocenters. The topological polar surface area (TPSA) is 86.6 Å². The number of nitrogens with one attached hydrogen (secondary N) is 1. The Morgan fingerprint density at radius 1 is 1.25 bits per heavy atom. The molecule has 5 heteroatoms. The Kier molecular flexibility index (Phi) is 4.93. The maximum absolute atomic E-state index is 11.6. The normalized spacial score (nSPS) is 15.3. The van der Waals surface area contributed by atoms with Crippen molar-refractivity contribution in [2.24, 2.45) is 5.41 Å². The first-order valence-corrected chi connectivity index (χ1v) is 5.43. The van der Waals surface area contributed by atoms with Crippen molar-refractivity contribution in [2.45, 2.75) is 45.6 Å². The van der Waals surface area contributed by atoms with Crippen molar-refractivity contribution in [2.75, 3.05) is 7.05 Å². The van der Waals surface area contributed by atoms with Gasteiger partial charge in [0.1, 0.15) is 5.41 Å². The lowest BCUT2D eigenvalue weighted by atomic mass is 9.75. The van der Waals surface area contributed by atoms with Gasteiger partial charge < -0.3 is 15.5 Å². The Balaban J connectivity index is 5.10. The van der Waals surface area contributed by atoms with Crippen LogP contribution in [-0.4, -0.2) is 34.7 Å². The van der Waals surface area contributed by atoms with Gasteiger partial charge in [0.15, 0.2) is 0 Å². The predicted octanol–water partition coefficient (Wildman–Crippen LogP) is 0.764. The van der Waals surface area contributed by atoms with Crippen LogP contribution in [0.25, 0.3) is 0 Å². The van der Waals surface area contributed by atoms with Crippen LogP contribution in [0.15, 0.2) is 0 Å². The van der Waals surface area contributed by atoms with Crippen molar-refractivity contribution in [3.63, 3.8) is 0 Å². The van der Waals surface area contributed by atoms with Crippen LogP contribution in [0.1, 0.15) is 40.0 Å². The summed E-state index contributed by atoms with van der Waals surface area (Å²) < 4.78 is 0. The Morgan fingerprint density at radius 3 is 1.94 bits per heavy atom. The molecule has 1 amide bonds. The Morgan fingerprint density at radius 2 is 1.69 bits per heavy atom. The second-order valence-electron chi connectivity index (χ2n) is 4.32. The van der Waals surface area contributed by atoms with E-state index in [9.17, 15) is 14.7 Å². The zero-order chi connectivity index (χ0) is 13.0. The van der Waals surface area contributed by atoms with E-state index in [4.69, 9.17) is 5.11 Å². The van der Waals surface area contributed by atoms with Crippen LogP contribution in [0.2, 0.25) is 0 Å². The molecule has 0 rings (SSSR count). The first kappa shape index (κ1) is 14.9. The summed E-state index contributed by atoms with van der Waals surface area (Å²) in [6, 6.07) is 0. The Bertz CT molecular complexity index is 273. The lowest BCUT2D eigenvalue weighted by molar-refractivity contribution is -0.159. The second-order valence-corrected chi connectivity index (χ2v) is 4.32. The van der Waals surface area contributed by atoms with E-state index in [0.717, 1.165) is 0 Å². The van der Waals surface area contributed by atoms with E-state index in [1.165, 1.54) is 14.0 Å². The van der Waals surface area contributed by atoms with Crippen molar-refractivity contribution in [3.05, 3.63) is 0 Å². The maximum Gasteiger partial charge on any atom is 0.319 e. The highest BCUT2D eigenvalue weighted by Crippen LogP contribution is 2.33. The third-order valence-electron chi connectivity index (χ3n) is 3.20. The standard InChI is InChI=1S/C11H21NO4/c1-5-11(16,6-2)7-10(3,9(14)15)8(13)12-4/h16H,5-7H2,1-4H3,(H,12,13)(H,14,15). The van der Waals surface area contributed by atoms with Gasteiger partial charge >= 0.3 is 5.97 Å². The molecule has 16 heavy (non-hydrogen) atoms. The van der Waals surface area contributed by atoms with E-state index in [1.807, 2.05) is 0 Å². The molecule has 0 spiro atoms. The van der Waals surface area contributed by atoms with Gasteiger partial charge in [0, 0.05) is 13.5 Å². The summed E-state index contributed by atoms with van der Waals surface area (Å²) in [5, 5.41) is 21.6. The quantitative estimate of drug-likeness (QED) is 0.589. The van der Waals surface area contributed by atoms with Gasteiger partial charge in [-0.05, 0) is 19.8 Å². The minimum absolute atomic E-state index is 0.0813. The molecule has 0 saturated carbocycles. The lowest BCUT2D eigenvalue weighted by Gasteiger charge is -2.33. The van der Waals surface area contributed by atoms with E-state index in [-0.39, 0.29) is 6.42 Å². The highest BCUT2D eigenvalue weighted by molar-refractivity contribution is 6.01. The number of carboxylic acid groups (broad SMARTS) is 1. The maximum atomic E-state index is 11.6. The average molecular weight is 231 g/mol. The lowest BCUT2D eigenvalue weighted by Crippen LogP contribution is -2.48. The molecule has 0 fully saturated rings. The van der Waals surface area contributed by atoms with Gasteiger partial charge in [-0.2, -0.15) is 0 Å². The molecule has 3 N–H and O–H groups in total. The van der Waals surface area contributed by atoms with E-state index in [1.54, 1.807) is 13.8 Å². The summed E-state index contributed by atoms with van der Waals surface area (Å²) >= 11 is 0. The number of aliphatic carboxylic acids is 1. The SMILES string of the molecule is CCC(O)(CC)CC(C)(C(=O)O)C(=O)NC.